The van der Waals surface area contributed by atoms with E-state index in [9.17, 15) is 0 Å². The van der Waals surface area contributed by atoms with E-state index in [0.29, 0.717) is 12.1 Å². The molecule has 20 heavy (non-hydrogen) atoms. The number of aryl methyl sites for hydroxylation is 1. The summed E-state index contributed by atoms with van der Waals surface area (Å²) in [6, 6.07) is 3.43. The number of thiophene rings is 1. The predicted octanol–water partition coefficient (Wildman–Crippen LogP) is 5.44. The van der Waals surface area contributed by atoms with Gasteiger partial charge in [0.2, 0.25) is 0 Å². The zero-order valence-corrected chi connectivity index (χ0v) is 14.4. The second kappa shape index (κ2) is 5.98. The first-order valence-corrected chi connectivity index (χ1v) is 9.28. The normalized spacial score (nSPS) is 33.6. The molecule has 2 aliphatic rings. The van der Waals surface area contributed by atoms with Gasteiger partial charge >= 0.3 is 0 Å². The van der Waals surface area contributed by atoms with Crippen LogP contribution in [0.2, 0.25) is 4.34 Å². The van der Waals surface area contributed by atoms with Crippen molar-refractivity contribution >= 4 is 22.9 Å². The van der Waals surface area contributed by atoms with Gasteiger partial charge < -0.3 is 5.32 Å². The molecule has 2 aliphatic carbocycles. The van der Waals surface area contributed by atoms with Gasteiger partial charge in [0.15, 0.2) is 0 Å². The number of hydrogen-bond acceptors (Lipinski definition) is 2. The summed E-state index contributed by atoms with van der Waals surface area (Å²) < 4.78 is 0.957. The van der Waals surface area contributed by atoms with Crippen molar-refractivity contribution in [1.29, 1.82) is 0 Å². The van der Waals surface area contributed by atoms with E-state index >= 15 is 0 Å². The minimum Gasteiger partial charge on any atom is -0.307 e. The summed E-state index contributed by atoms with van der Waals surface area (Å²) in [5.41, 5.74) is 1.49. The first-order valence-electron chi connectivity index (χ1n) is 8.08. The summed E-state index contributed by atoms with van der Waals surface area (Å²) in [5, 5.41) is 4.00. The Bertz CT molecular complexity index is 468. The van der Waals surface area contributed by atoms with Gasteiger partial charge in [0.25, 0.3) is 0 Å². The quantitative estimate of drug-likeness (QED) is 0.783. The third-order valence-electron chi connectivity index (χ3n) is 5.28. The summed E-state index contributed by atoms with van der Waals surface area (Å²) in [5.74, 6) is 2.49. The number of hydrogen-bond donors (Lipinski definition) is 1. The highest BCUT2D eigenvalue weighted by atomic mass is 35.5. The van der Waals surface area contributed by atoms with E-state index in [2.05, 4.69) is 32.2 Å². The molecule has 4 unspecified atom stereocenters. The fourth-order valence-corrected chi connectivity index (χ4v) is 5.51. The molecule has 1 aromatic rings. The summed E-state index contributed by atoms with van der Waals surface area (Å²) in [6.45, 7) is 7.18. The van der Waals surface area contributed by atoms with Gasteiger partial charge in [0.05, 0.1) is 4.34 Å². The molecule has 1 nitrogen and oxygen atoms in total. The van der Waals surface area contributed by atoms with Crippen LogP contribution in [0, 0.1) is 17.8 Å². The standard InChI is InChI=1S/C17H26ClNS/c1-10(2)12-5-4-11(3)8-15(12)19-14-6-7-16-13(14)9-17(18)20-16/h9-12,14-15,19H,4-8H2,1-3H3. The van der Waals surface area contributed by atoms with E-state index in [0.717, 1.165) is 22.1 Å². The largest absolute Gasteiger partial charge is 0.307 e. The molecule has 1 aromatic heterocycles. The minimum atomic E-state index is 0.547. The van der Waals surface area contributed by atoms with Crippen LogP contribution in [0.1, 0.15) is 62.9 Å². The van der Waals surface area contributed by atoms with Crippen molar-refractivity contribution in [3.8, 4) is 0 Å². The number of fused-ring (bicyclic) bond motifs is 1. The van der Waals surface area contributed by atoms with Gasteiger partial charge in [-0.15, -0.1) is 11.3 Å². The number of halogens is 1. The van der Waals surface area contributed by atoms with Crippen LogP contribution in [0.15, 0.2) is 6.07 Å². The van der Waals surface area contributed by atoms with E-state index in [1.807, 2.05) is 0 Å². The van der Waals surface area contributed by atoms with Crippen LogP contribution in [0.25, 0.3) is 0 Å². The Morgan fingerprint density at radius 3 is 2.85 bits per heavy atom. The van der Waals surface area contributed by atoms with E-state index in [-0.39, 0.29) is 0 Å². The number of rotatable bonds is 3. The SMILES string of the molecule is CC1CCC(C(C)C)C(NC2CCc3sc(Cl)cc32)C1. The molecule has 0 aliphatic heterocycles. The molecule has 1 fully saturated rings. The fourth-order valence-electron chi connectivity index (χ4n) is 4.16. The van der Waals surface area contributed by atoms with Crippen molar-refractivity contribution in [3.63, 3.8) is 0 Å². The lowest BCUT2D eigenvalue weighted by Crippen LogP contribution is -2.44. The average molecular weight is 312 g/mol. The van der Waals surface area contributed by atoms with Gasteiger partial charge in [0, 0.05) is 17.0 Å². The van der Waals surface area contributed by atoms with Gasteiger partial charge in [-0.1, -0.05) is 38.8 Å². The van der Waals surface area contributed by atoms with Crippen molar-refractivity contribution in [2.24, 2.45) is 17.8 Å². The summed E-state index contributed by atoms with van der Waals surface area (Å²) in [4.78, 5) is 1.51. The highest BCUT2D eigenvalue weighted by Crippen LogP contribution is 2.41. The first-order chi connectivity index (χ1) is 9.54. The van der Waals surface area contributed by atoms with Crippen LogP contribution in [0.4, 0.5) is 0 Å². The zero-order valence-electron chi connectivity index (χ0n) is 12.8. The topological polar surface area (TPSA) is 12.0 Å². The molecule has 0 saturated heterocycles. The molecular formula is C17H26ClNS. The third kappa shape index (κ3) is 2.93. The molecule has 1 saturated carbocycles. The van der Waals surface area contributed by atoms with E-state index in [1.165, 1.54) is 42.5 Å². The monoisotopic (exact) mass is 311 g/mol. The van der Waals surface area contributed by atoms with Crippen LogP contribution >= 0.6 is 22.9 Å². The van der Waals surface area contributed by atoms with Crippen LogP contribution < -0.4 is 5.32 Å². The lowest BCUT2D eigenvalue weighted by molar-refractivity contribution is 0.159. The van der Waals surface area contributed by atoms with Crippen molar-refractivity contribution in [2.45, 2.75) is 65.0 Å². The average Bonchev–Trinajstić information content (AvgIpc) is 2.90. The Morgan fingerprint density at radius 1 is 1.30 bits per heavy atom. The Morgan fingerprint density at radius 2 is 2.10 bits per heavy atom. The van der Waals surface area contributed by atoms with E-state index in [4.69, 9.17) is 11.6 Å². The second-order valence-electron chi connectivity index (χ2n) is 7.12. The molecule has 3 rings (SSSR count). The van der Waals surface area contributed by atoms with Crippen molar-refractivity contribution < 1.29 is 0 Å². The third-order valence-corrected chi connectivity index (χ3v) is 6.62. The second-order valence-corrected chi connectivity index (χ2v) is 8.89. The maximum atomic E-state index is 6.18. The van der Waals surface area contributed by atoms with Crippen LogP contribution in [0.5, 0.6) is 0 Å². The molecule has 4 atom stereocenters. The lowest BCUT2D eigenvalue weighted by atomic mass is 9.73. The molecule has 3 heteroatoms. The zero-order chi connectivity index (χ0) is 14.3. The maximum absolute atomic E-state index is 6.18. The van der Waals surface area contributed by atoms with Gasteiger partial charge in [0.1, 0.15) is 0 Å². The molecule has 0 radical (unpaired) electrons. The Hall–Kier alpha value is -0.0500. The van der Waals surface area contributed by atoms with Gasteiger partial charge in [-0.3, -0.25) is 0 Å². The Kier molecular flexibility index (Phi) is 4.45. The molecule has 0 aromatic carbocycles. The van der Waals surface area contributed by atoms with Crippen molar-refractivity contribution in [1.82, 2.24) is 5.32 Å². The lowest BCUT2D eigenvalue weighted by Gasteiger charge is -2.39. The maximum Gasteiger partial charge on any atom is 0.0934 e. The van der Waals surface area contributed by atoms with Gasteiger partial charge in [-0.25, -0.2) is 0 Å². The summed E-state index contributed by atoms with van der Waals surface area (Å²) in [7, 11) is 0. The van der Waals surface area contributed by atoms with E-state index in [1.54, 1.807) is 11.3 Å². The molecule has 112 valence electrons. The molecule has 0 bridgehead atoms. The molecule has 0 amide bonds. The van der Waals surface area contributed by atoms with Crippen LogP contribution in [-0.2, 0) is 6.42 Å². The van der Waals surface area contributed by atoms with Gasteiger partial charge in [-0.05, 0) is 55.1 Å². The Labute approximate surface area is 132 Å². The minimum absolute atomic E-state index is 0.547. The van der Waals surface area contributed by atoms with Crippen LogP contribution in [-0.4, -0.2) is 6.04 Å². The highest BCUT2D eigenvalue weighted by molar-refractivity contribution is 7.16. The molecule has 1 heterocycles. The van der Waals surface area contributed by atoms with Crippen molar-refractivity contribution in [2.75, 3.05) is 0 Å². The Balaban J connectivity index is 1.72. The molecule has 0 spiro atoms. The predicted molar refractivity (Wildman–Crippen MR) is 88.7 cm³/mol. The van der Waals surface area contributed by atoms with Gasteiger partial charge in [-0.2, -0.15) is 0 Å². The first kappa shape index (κ1) is 14.9. The summed E-state index contributed by atoms with van der Waals surface area (Å²) in [6.07, 6.45) is 6.60. The number of nitrogens with one attached hydrogen (secondary N) is 1. The summed E-state index contributed by atoms with van der Waals surface area (Å²) >= 11 is 7.96. The highest BCUT2D eigenvalue weighted by Gasteiger charge is 2.34. The smallest absolute Gasteiger partial charge is 0.0934 e. The molecule has 1 N–H and O–H groups in total. The fraction of sp³-hybridized carbons (Fsp3) is 0.765. The van der Waals surface area contributed by atoms with Crippen LogP contribution in [0.3, 0.4) is 0 Å². The van der Waals surface area contributed by atoms with Crippen molar-refractivity contribution in [3.05, 3.63) is 20.8 Å². The van der Waals surface area contributed by atoms with E-state index < -0.39 is 0 Å². The molecular weight excluding hydrogens is 286 g/mol.